The molecule has 0 amide bonds. The van der Waals surface area contributed by atoms with Gasteiger partial charge in [0, 0.05) is 36.0 Å². The molecule has 0 spiro atoms. The topological polar surface area (TPSA) is 58.6 Å². The maximum atomic E-state index is 12.7. The minimum atomic E-state index is -0.363. The molecular weight excluding hydrogens is 376 g/mol. The first-order chi connectivity index (χ1) is 14.3. The third kappa shape index (κ3) is 4.64. The Morgan fingerprint density at radius 3 is 2.50 bits per heavy atom. The van der Waals surface area contributed by atoms with Crippen LogP contribution in [0.25, 0.3) is 11.3 Å². The summed E-state index contributed by atoms with van der Waals surface area (Å²) in [5, 5.41) is 0. The average molecular weight is 411 g/mol. The van der Waals surface area contributed by atoms with E-state index in [1.54, 1.807) is 0 Å². The highest BCUT2D eigenvalue weighted by Gasteiger charge is 2.31. The molecule has 162 valence electrons. The number of benzene rings is 1. The van der Waals surface area contributed by atoms with Crippen molar-refractivity contribution in [1.82, 2.24) is 14.9 Å². The number of hydrogen-bond acceptors (Lipinski definition) is 6. The van der Waals surface area contributed by atoms with Crippen LogP contribution in [0.1, 0.15) is 48.9 Å². The van der Waals surface area contributed by atoms with Crippen molar-refractivity contribution in [3.05, 3.63) is 41.1 Å². The van der Waals surface area contributed by atoms with Gasteiger partial charge < -0.3 is 14.5 Å². The van der Waals surface area contributed by atoms with Crippen LogP contribution in [0, 0.1) is 13.8 Å². The molecule has 1 unspecified atom stereocenters. The maximum Gasteiger partial charge on any atom is 0.313 e. The molecule has 1 fully saturated rings. The van der Waals surface area contributed by atoms with E-state index in [0.717, 1.165) is 54.4 Å². The Bertz CT molecular complexity index is 880. The fraction of sp³-hybridized carbons (Fsp3) is 0.542. The summed E-state index contributed by atoms with van der Waals surface area (Å²) in [6.45, 7) is 7.99. The van der Waals surface area contributed by atoms with Crippen LogP contribution in [-0.2, 0) is 9.53 Å². The van der Waals surface area contributed by atoms with Crippen molar-refractivity contribution in [1.29, 1.82) is 0 Å². The van der Waals surface area contributed by atoms with Gasteiger partial charge in [-0.15, -0.1) is 0 Å². The second-order valence-corrected chi connectivity index (χ2v) is 8.45. The lowest BCUT2D eigenvalue weighted by molar-refractivity contribution is -0.142. The van der Waals surface area contributed by atoms with Crippen molar-refractivity contribution in [3.8, 4) is 11.3 Å². The number of rotatable bonds is 7. The van der Waals surface area contributed by atoms with Gasteiger partial charge in [0.2, 0.25) is 5.95 Å². The van der Waals surface area contributed by atoms with Crippen LogP contribution < -0.4 is 4.90 Å². The predicted molar refractivity (Wildman–Crippen MR) is 121 cm³/mol. The van der Waals surface area contributed by atoms with E-state index in [9.17, 15) is 4.79 Å². The summed E-state index contributed by atoms with van der Waals surface area (Å²) in [6, 6.07) is 8.83. The van der Waals surface area contributed by atoms with Gasteiger partial charge in [-0.3, -0.25) is 4.79 Å². The standard InChI is InChI=1S/C24H34N4O2/c1-7-8-20(23(29)30-6)21-17(3)25-24(28-14-13-19(15-28)27(4)5)26-22(21)18-11-9-16(2)10-12-18/h9-12,19-20H,7-8,13-15H2,1-6H3/t19-,20?/m1/s1. The van der Waals surface area contributed by atoms with Gasteiger partial charge in [-0.1, -0.05) is 43.2 Å². The third-order valence-corrected chi connectivity index (χ3v) is 6.04. The number of nitrogens with zero attached hydrogens (tertiary/aromatic N) is 4. The quantitative estimate of drug-likeness (QED) is 0.644. The van der Waals surface area contributed by atoms with Crippen LogP contribution in [0.15, 0.2) is 24.3 Å². The highest BCUT2D eigenvalue weighted by atomic mass is 16.5. The third-order valence-electron chi connectivity index (χ3n) is 6.04. The van der Waals surface area contributed by atoms with Gasteiger partial charge >= 0.3 is 5.97 Å². The van der Waals surface area contributed by atoms with Crippen LogP contribution in [0.2, 0.25) is 0 Å². The molecule has 3 rings (SSSR count). The lowest BCUT2D eigenvalue weighted by Crippen LogP contribution is -2.32. The van der Waals surface area contributed by atoms with Gasteiger partial charge in [-0.2, -0.15) is 0 Å². The zero-order chi connectivity index (χ0) is 21.8. The first kappa shape index (κ1) is 22.2. The molecule has 2 atom stereocenters. The smallest absolute Gasteiger partial charge is 0.313 e. The maximum absolute atomic E-state index is 12.7. The number of aromatic nitrogens is 2. The zero-order valence-corrected chi connectivity index (χ0v) is 19.1. The van der Waals surface area contributed by atoms with Crippen molar-refractivity contribution in [2.24, 2.45) is 0 Å². The molecule has 1 aromatic carbocycles. The molecule has 1 aliphatic rings. The van der Waals surface area contributed by atoms with E-state index in [1.165, 1.54) is 12.7 Å². The molecule has 2 heterocycles. The highest BCUT2D eigenvalue weighted by Crippen LogP contribution is 2.35. The molecule has 0 radical (unpaired) electrons. The minimum absolute atomic E-state index is 0.224. The number of hydrogen-bond donors (Lipinski definition) is 0. The summed E-state index contributed by atoms with van der Waals surface area (Å²) in [5.41, 5.74) is 4.79. The number of aryl methyl sites for hydroxylation is 2. The second-order valence-electron chi connectivity index (χ2n) is 8.45. The van der Waals surface area contributed by atoms with E-state index in [2.05, 4.69) is 62.0 Å². The summed E-state index contributed by atoms with van der Waals surface area (Å²) in [6.07, 6.45) is 2.68. The normalized spacial score (nSPS) is 17.4. The predicted octanol–water partition coefficient (Wildman–Crippen LogP) is 3.96. The van der Waals surface area contributed by atoms with Crippen molar-refractivity contribution in [3.63, 3.8) is 0 Å². The first-order valence-corrected chi connectivity index (χ1v) is 10.8. The molecule has 0 aliphatic carbocycles. The molecule has 30 heavy (non-hydrogen) atoms. The molecule has 1 aliphatic heterocycles. The Labute approximate surface area is 180 Å². The molecule has 1 saturated heterocycles. The Morgan fingerprint density at radius 2 is 1.93 bits per heavy atom. The fourth-order valence-corrected chi connectivity index (χ4v) is 4.21. The summed E-state index contributed by atoms with van der Waals surface area (Å²) < 4.78 is 5.14. The fourth-order valence-electron chi connectivity index (χ4n) is 4.21. The van der Waals surface area contributed by atoms with Crippen molar-refractivity contribution in [2.75, 3.05) is 39.2 Å². The van der Waals surface area contributed by atoms with E-state index >= 15 is 0 Å². The molecule has 6 nitrogen and oxygen atoms in total. The summed E-state index contributed by atoms with van der Waals surface area (Å²) >= 11 is 0. The molecule has 0 N–H and O–H groups in total. The van der Waals surface area contributed by atoms with Crippen LogP contribution in [-0.4, -0.2) is 61.2 Å². The van der Waals surface area contributed by atoms with Crippen LogP contribution in [0.4, 0.5) is 5.95 Å². The SMILES string of the molecule is CCCC(C(=O)OC)c1c(C)nc(N2CC[C@@H](N(C)C)C2)nc1-c1ccc(C)cc1. The number of anilines is 1. The summed E-state index contributed by atoms with van der Waals surface area (Å²) in [4.78, 5) is 27.1. The van der Waals surface area contributed by atoms with Crippen LogP contribution >= 0.6 is 0 Å². The Balaban J connectivity index is 2.12. The molecule has 6 heteroatoms. The van der Waals surface area contributed by atoms with Crippen LogP contribution in [0.5, 0.6) is 0 Å². The minimum Gasteiger partial charge on any atom is -0.469 e. The number of methoxy groups -OCH3 is 1. The lowest BCUT2D eigenvalue weighted by Gasteiger charge is -2.24. The van der Waals surface area contributed by atoms with Gasteiger partial charge in [-0.05, 0) is 40.8 Å². The number of carbonyl (C=O) groups excluding carboxylic acids is 1. The summed E-state index contributed by atoms with van der Waals surface area (Å²) in [7, 11) is 5.69. The van der Waals surface area contributed by atoms with Gasteiger partial charge in [-0.25, -0.2) is 9.97 Å². The van der Waals surface area contributed by atoms with E-state index in [-0.39, 0.29) is 11.9 Å². The molecule has 0 saturated carbocycles. The number of ether oxygens (including phenoxy) is 1. The second kappa shape index (κ2) is 9.56. The largest absolute Gasteiger partial charge is 0.469 e. The Hall–Kier alpha value is -2.47. The van der Waals surface area contributed by atoms with Gasteiger partial charge in [0.1, 0.15) is 0 Å². The average Bonchev–Trinajstić information content (AvgIpc) is 3.23. The van der Waals surface area contributed by atoms with E-state index < -0.39 is 0 Å². The lowest BCUT2D eigenvalue weighted by atomic mass is 9.89. The highest BCUT2D eigenvalue weighted by molar-refractivity contribution is 5.82. The zero-order valence-electron chi connectivity index (χ0n) is 19.1. The van der Waals surface area contributed by atoms with Crippen LogP contribution in [0.3, 0.4) is 0 Å². The molecule has 0 bridgehead atoms. The monoisotopic (exact) mass is 410 g/mol. The number of esters is 1. The van der Waals surface area contributed by atoms with Gasteiger partial charge in [0.25, 0.3) is 0 Å². The number of likely N-dealkylation sites (N-methyl/N-ethyl adjacent to an activating group) is 1. The molecular formula is C24H34N4O2. The Morgan fingerprint density at radius 1 is 1.23 bits per heavy atom. The van der Waals surface area contributed by atoms with Crippen molar-refractivity contribution in [2.45, 2.75) is 52.0 Å². The molecule has 1 aromatic heterocycles. The molecule has 2 aromatic rings. The first-order valence-electron chi connectivity index (χ1n) is 10.8. The van der Waals surface area contributed by atoms with E-state index in [4.69, 9.17) is 14.7 Å². The number of carbonyl (C=O) groups is 1. The summed E-state index contributed by atoms with van der Waals surface area (Å²) in [5.74, 6) is 0.160. The van der Waals surface area contributed by atoms with Crippen molar-refractivity contribution >= 4 is 11.9 Å². The van der Waals surface area contributed by atoms with Gasteiger partial charge in [0.15, 0.2) is 0 Å². The van der Waals surface area contributed by atoms with E-state index in [0.29, 0.717) is 12.5 Å². The Kier molecular flexibility index (Phi) is 7.08. The van der Waals surface area contributed by atoms with Crippen molar-refractivity contribution < 1.29 is 9.53 Å². The van der Waals surface area contributed by atoms with E-state index in [1.807, 2.05) is 6.92 Å². The van der Waals surface area contributed by atoms with Gasteiger partial charge in [0.05, 0.1) is 18.7 Å².